The van der Waals surface area contributed by atoms with E-state index in [4.69, 9.17) is 15.1 Å². The summed E-state index contributed by atoms with van der Waals surface area (Å²) < 4.78 is 0. The molecule has 0 aromatic rings. The lowest BCUT2D eigenvalue weighted by Crippen LogP contribution is -2.47. The Kier molecular flexibility index (Phi) is 8.74. The summed E-state index contributed by atoms with van der Waals surface area (Å²) in [6.07, 6.45) is 3.46. The summed E-state index contributed by atoms with van der Waals surface area (Å²) in [6.45, 7) is 8.99. The van der Waals surface area contributed by atoms with Gasteiger partial charge in [-0.05, 0) is 47.5 Å². The van der Waals surface area contributed by atoms with Crippen LogP contribution in [0.4, 0.5) is 0 Å². The van der Waals surface area contributed by atoms with Gasteiger partial charge < -0.3 is 25.3 Å². The van der Waals surface area contributed by atoms with Crippen molar-refractivity contribution in [1.29, 1.82) is 0 Å². The van der Waals surface area contributed by atoms with E-state index >= 15 is 0 Å². The van der Waals surface area contributed by atoms with Crippen molar-refractivity contribution in [3.63, 3.8) is 0 Å². The molecule has 1 atom stereocenters. The highest BCUT2D eigenvalue weighted by Gasteiger charge is 2.36. The molecule has 0 spiro atoms. The Hall–Kier alpha value is -0.395. The highest BCUT2D eigenvalue weighted by atomic mass is 16.5. The van der Waals surface area contributed by atoms with E-state index in [1.54, 1.807) is 20.8 Å². The van der Waals surface area contributed by atoms with Gasteiger partial charge in [-0.1, -0.05) is 11.6 Å². The lowest BCUT2D eigenvalue weighted by molar-refractivity contribution is -0.123. The van der Waals surface area contributed by atoms with Gasteiger partial charge in [0.25, 0.3) is 0 Å². The fourth-order valence-electron chi connectivity index (χ4n) is 0.948. The van der Waals surface area contributed by atoms with Crippen LogP contribution in [0, 0.1) is 0 Å². The molecule has 0 saturated carbocycles. The summed E-state index contributed by atoms with van der Waals surface area (Å²) in [6, 6.07) is 0. The molecular formula is C11H25BO5. The van der Waals surface area contributed by atoms with Crippen LogP contribution in [0.5, 0.6) is 0 Å². The molecule has 0 aliphatic rings. The van der Waals surface area contributed by atoms with E-state index in [1.165, 1.54) is 5.57 Å². The van der Waals surface area contributed by atoms with Crippen molar-refractivity contribution in [1.82, 2.24) is 0 Å². The monoisotopic (exact) mass is 248 g/mol. The molecule has 0 fully saturated rings. The van der Waals surface area contributed by atoms with Gasteiger partial charge in [-0.2, -0.15) is 0 Å². The number of allylic oxidation sites excluding steroid dienone is 2. The largest absolute Gasteiger partial charge is 0.631 e. The Balaban J connectivity index is 0. The molecule has 6 heteroatoms. The van der Waals surface area contributed by atoms with Crippen molar-refractivity contribution in [2.24, 2.45) is 0 Å². The zero-order valence-corrected chi connectivity index (χ0v) is 11.3. The molecule has 0 aromatic carbocycles. The van der Waals surface area contributed by atoms with Crippen LogP contribution in [0.1, 0.15) is 47.5 Å². The minimum atomic E-state index is -2.17. The van der Waals surface area contributed by atoms with Crippen molar-refractivity contribution in [3.05, 3.63) is 11.6 Å². The van der Waals surface area contributed by atoms with E-state index in [0.29, 0.717) is 6.42 Å². The van der Waals surface area contributed by atoms with E-state index in [9.17, 15) is 10.2 Å². The molecule has 5 nitrogen and oxygen atoms in total. The molecule has 0 bridgehead atoms. The molecule has 0 rings (SSSR count). The normalized spacial score (nSPS) is 14.2. The highest BCUT2D eigenvalue weighted by Crippen LogP contribution is 2.26. The smallest absolute Gasteiger partial charge is 0.402 e. The van der Waals surface area contributed by atoms with Gasteiger partial charge in [0.15, 0.2) is 0 Å². The second-order valence-corrected chi connectivity index (χ2v) is 5.00. The Bertz CT molecular complexity index is 224. The zero-order valence-electron chi connectivity index (χ0n) is 11.3. The first-order valence-corrected chi connectivity index (χ1v) is 5.52. The highest BCUT2D eigenvalue weighted by molar-refractivity contribution is 6.30. The molecule has 5 N–H and O–H groups in total. The third kappa shape index (κ3) is 11.9. The zero-order chi connectivity index (χ0) is 14.3. The number of rotatable bonds is 4. The molecule has 0 radical (unpaired) electrons. The Morgan fingerprint density at radius 2 is 1.41 bits per heavy atom. The average molecular weight is 248 g/mol. The maximum absolute atomic E-state index is 9.88. The fourth-order valence-corrected chi connectivity index (χ4v) is 0.948. The summed E-state index contributed by atoms with van der Waals surface area (Å²) in [4.78, 5) is 0. The van der Waals surface area contributed by atoms with Crippen molar-refractivity contribution in [2.45, 2.75) is 58.7 Å². The minimum absolute atomic E-state index is 0.585. The SMILES string of the molecule is CC(C)=CCCC(C)(O)C(C)(C)O.OB(O)O. The van der Waals surface area contributed by atoms with Crippen LogP contribution in [-0.4, -0.2) is 43.8 Å². The molecule has 0 aromatic heterocycles. The first-order chi connectivity index (χ1) is 7.40. The van der Waals surface area contributed by atoms with Crippen LogP contribution >= 0.6 is 0 Å². The average Bonchev–Trinajstić information content (AvgIpc) is 1.98. The lowest BCUT2D eigenvalue weighted by Gasteiger charge is -2.35. The maximum Gasteiger partial charge on any atom is 0.631 e. The molecular weight excluding hydrogens is 223 g/mol. The summed E-state index contributed by atoms with van der Waals surface area (Å²) in [5.74, 6) is 0. The Labute approximate surface area is 104 Å². The van der Waals surface area contributed by atoms with E-state index < -0.39 is 18.5 Å². The molecule has 1 unspecified atom stereocenters. The van der Waals surface area contributed by atoms with Crippen LogP contribution in [-0.2, 0) is 0 Å². The van der Waals surface area contributed by atoms with E-state index in [2.05, 4.69) is 6.08 Å². The third-order valence-corrected chi connectivity index (χ3v) is 2.50. The van der Waals surface area contributed by atoms with Gasteiger partial charge in [0, 0.05) is 0 Å². The van der Waals surface area contributed by atoms with Gasteiger partial charge in [-0.15, -0.1) is 0 Å². The lowest BCUT2D eigenvalue weighted by atomic mass is 9.84. The first-order valence-electron chi connectivity index (χ1n) is 5.52. The summed E-state index contributed by atoms with van der Waals surface area (Å²) >= 11 is 0. The molecule has 0 aliphatic carbocycles. The van der Waals surface area contributed by atoms with E-state index in [-0.39, 0.29) is 0 Å². The molecule has 0 saturated heterocycles. The van der Waals surface area contributed by atoms with E-state index in [0.717, 1.165) is 6.42 Å². The quantitative estimate of drug-likeness (QED) is 0.361. The standard InChI is InChI=1S/C11H22O2.BH3O3/c1-9(2)7-6-8-11(5,13)10(3,4)12;2-1(3)4/h7,12-13H,6,8H2,1-5H3;2-4H. The summed E-state index contributed by atoms with van der Waals surface area (Å²) in [5.41, 5.74) is -0.812. The predicted octanol–water partition coefficient (Wildman–Crippen LogP) is 0.203. The van der Waals surface area contributed by atoms with Crippen LogP contribution in [0.2, 0.25) is 0 Å². The number of hydrogen-bond acceptors (Lipinski definition) is 5. The van der Waals surface area contributed by atoms with Crippen LogP contribution in [0.15, 0.2) is 11.6 Å². The Morgan fingerprint density at radius 3 is 1.65 bits per heavy atom. The Morgan fingerprint density at radius 1 is 1.06 bits per heavy atom. The van der Waals surface area contributed by atoms with Crippen molar-refractivity contribution in [2.75, 3.05) is 0 Å². The fraction of sp³-hybridized carbons (Fsp3) is 0.818. The van der Waals surface area contributed by atoms with Gasteiger partial charge in [-0.25, -0.2) is 0 Å². The molecule has 17 heavy (non-hydrogen) atoms. The molecule has 0 aliphatic heterocycles. The summed E-state index contributed by atoms with van der Waals surface area (Å²) in [5, 5.41) is 41.0. The number of hydrogen-bond donors (Lipinski definition) is 5. The maximum atomic E-state index is 9.88. The molecule has 102 valence electrons. The van der Waals surface area contributed by atoms with Crippen LogP contribution in [0.25, 0.3) is 0 Å². The second kappa shape index (κ2) is 7.84. The number of aliphatic hydroxyl groups is 2. The van der Waals surface area contributed by atoms with Gasteiger partial charge >= 0.3 is 7.32 Å². The van der Waals surface area contributed by atoms with Crippen molar-refractivity contribution < 1.29 is 25.3 Å². The molecule has 0 amide bonds. The van der Waals surface area contributed by atoms with Gasteiger partial charge in [0.2, 0.25) is 0 Å². The van der Waals surface area contributed by atoms with Gasteiger partial charge in [0.05, 0.1) is 11.2 Å². The van der Waals surface area contributed by atoms with Crippen molar-refractivity contribution in [3.8, 4) is 0 Å². The van der Waals surface area contributed by atoms with Gasteiger partial charge in [0.1, 0.15) is 0 Å². The second-order valence-electron chi connectivity index (χ2n) is 5.00. The predicted molar refractivity (Wildman–Crippen MR) is 68.0 cm³/mol. The topological polar surface area (TPSA) is 101 Å². The first kappa shape index (κ1) is 19.0. The summed E-state index contributed by atoms with van der Waals surface area (Å²) in [7, 11) is -2.17. The van der Waals surface area contributed by atoms with Crippen LogP contribution < -0.4 is 0 Å². The van der Waals surface area contributed by atoms with Crippen LogP contribution in [0.3, 0.4) is 0 Å². The molecule has 0 heterocycles. The van der Waals surface area contributed by atoms with Crippen molar-refractivity contribution >= 4 is 7.32 Å². The van der Waals surface area contributed by atoms with E-state index in [1.807, 2.05) is 13.8 Å². The third-order valence-electron chi connectivity index (χ3n) is 2.50. The minimum Gasteiger partial charge on any atom is -0.402 e. The van der Waals surface area contributed by atoms with Gasteiger partial charge in [-0.3, -0.25) is 0 Å².